The minimum absolute atomic E-state index is 0.0356. The fraction of sp³-hybridized carbons (Fsp3) is 0.273. The van der Waals surface area contributed by atoms with Gasteiger partial charge < -0.3 is 10.1 Å². The highest BCUT2D eigenvalue weighted by Gasteiger charge is 2.15. The Bertz CT molecular complexity index is 917. The molecule has 2 heterocycles. The van der Waals surface area contributed by atoms with E-state index in [0.29, 0.717) is 18.0 Å². The summed E-state index contributed by atoms with van der Waals surface area (Å²) in [7, 11) is 0. The van der Waals surface area contributed by atoms with Crippen molar-refractivity contribution in [2.75, 3.05) is 19.8 Å². The summed E-state index contributed by atoms with van der Waals surface area (Å²) in [4.78, 5) is 17.2. The lowest BCUT2D eigenvalue weighted by molar-refractivity contribution is 0.0950. The Kier molecular flexibility index (Phi) is 4.93. The van der Waals surface area contributed by atoms with Crippen LogP contribution in [0.15, 0.2) is 60.7 Å². The van der Waals surface area contributed by atoms with Crippen molar-refractivity contribution < 1.29 is 9.53 Å². The van der Waals surface area contributed by atoms with Crippen molar-refractivity contribution >= 4 is 16.8 Å². The topological polar surface area (TPSA) is 51.2 Å². The van der Waals surface area contributed by atoms with Crippen LogP contribution >= 0.6 is 0 Å². The number of aromatic nitrogens is 1. The lowest BCUT2D eigenvalue weighted by atomic mass is 10.0. The summed E-state index contributed by atoms with van der Waals surface area (Å²) in [5, 5.41) is 4.13. The van der Waals surface area contributed by atoms with Crippen molar-refractivity contribution in [1.82, 2.24) is 10.3 Å². The molecule has 0 bridgehead atoms. The normalized spacial score (nSPS) is 16.7. The zero-order valence-corrected chi connectivity index (χ0v) is 14.7. The number of ether oxygens (including phenoxy) is 1. The highest BCUT2D eigenvalue weighted by atomic mass is 16.5. The Morgan fingerprint density at radius 2 is 2.04 bits per heavy atom. The van der Waals surface area contributed by atoms with Gasteiger partial charge in [0.15, 0.2) is 0 Å². The van der Waals surface area contributed by atoms with E-state index in [2.05, 4.69) is 11.4 Å². The van der Waals surface area contributed by atoms with Crippen molar-refractivity contribution in [2.45, 2.75) is 12.8 Å². The van der Waals surface area contributed by atoms with Crippen molar-refractivity contribution in [3.8, 4) is 11.3 Å². The zero-order valence-electron chi connectivity index (χ0n) is 14.7. The number of carbonyl (C=O) groups is 1. The third-order valence-corrected chi connectivity index (χ3v) is 4.88. The van der Waals surface area contributed by atoms with E-state index in [1.807, 2.05) is 54.6 Å². The Morgan fingerprint density at radius 1 is 1.12 bits per heavy atom. The van der Waals surface area contributed by atoms with Gasteiger partial charge in [-0.05, 0) is 43.0 Å². The molecule has 1 aliphatic rings. The van der Waals surface area contributed by atoms with Crippen LogP contribution in [0.25, 0.3) is 22.2 Å². The minimum atomic E-state index is -0.0356. The molecule has 1 saturated heterocycles. The van der Waals surface area contributed by atoms with E-state index in [1.54, 1.807) is 0 Å². The number of carbonyl (C=O) groups excluding carboxylic acids is 1. The van der Waals surface area contributed by atoms with Crippen LogP contribution in [0.5, 0.6) is 0 Å². The number of para-hydroxylation sites is 1. The number of benzene rings is 2. The van der Waals surface area contributed by atoms with Gasteiger partial charge in [-0.2, -0.15) is 0 Å². The van der Waals surface area contributed by atoms with E-state index in [4.69, 9.17) is 9.72 Å². The third kappa shape index (κ3) is 3.75. The van der Waals surface area contributed by atoms with Gasteiger partial charge in [-0.15, -0.1) is 0 Å². The molecule has 1 atom stereocenters. The number of nitrogens with zero attached hydrogens (tertiary/aromatic N) is 1. The average molecular weight is 346 g/mol. The minimum Gasteiger partial charge on any atom is -0.381 e. The number of amides is 1. The average Bonchev–Trinajstić information content (AvgIpc) is 3.21. The first kappa shape index (κ1) is 16.7. The number of hydrogen-bond donors (Lipinski definition) is 1. The number of hydrogen-bond acceptors (Lipinski definition) is 3. The summed E-state index contributed by atoms with van der Waals surface area (Å²) in [6.07, 6.45) is 2.07. The molecule has 0 spiro atoms. The lowest BCUT2D eigenvalue weighted by Crippen LogP contribution is -2.26. The van der Waals surface area contributed by atoms with Gasteiger partial charge in [0, 0.05) is 36.3 Å². The second-order valence-electron chi connectivity index (χ2n) is 6.74. The summed E-state index contributed by atoms with van der Waals surface area (Å²) >= 11 is 0. The van der Waals surface area contributed by atoms with E-state index in [1.165, 1.54) is 0 Å². The van der Waals surface area contributed by atoms with E-state index >= 15 is 0 Å². The number of fused-ring (bicyclic) bond motifs is 1. The van der Waals surface area contributed by atoms with E-state index in [9.17, 15) is 4.79 Å². The molecule has 1 fully saturated rings. The van der Waals surface area contributed by atoms with Gasteiger partial charge in [0.1, 0.15) is 0 Å². The van der Waals surface area contributed by atoms with Gasteiger partial charge in [-0.25, -0.2) is 4.98 Å². The molecular formula is C22H22N2O2. The van der Waals surface area contributed by atoms with Crippen LogP contribution in [0.1, 0.15) is 23.2 Å². The van der Waals surface area contributed by atoms with E-state index in [0.717, 1.165) is 48.2 Å². The molecular weight excluding hydrogens is 324 g/mol. The Hall–Kier alpha value is -2.72. The molecule has 0 radical (unpaired) electrons. The van der Waals surface area contributed by atoms with Crippen LogP contribution in [-0.4, -0.2) is 30.6 Å². The van der Waals surface area contributed by atoms with Crippen LogP contribution < -0.4 is 5.32 Å². The molecule has 26 heavy (non-hydrogen) atoms. The standard InChI is InChI=1S/C22H22N2O2/c25-22(23-12-10-16-11-13-26-15-16)19-6-3-5-18(14-19)21-9-8-17-4-1-2-7-20(17)24-21/h1-9,14,16H,10-13,15H2,(H,23,25). The highest BCUT2D eigenvalue weighted by Crippen LogP contribution is 2.22. The van der Waals surface area contributed by atoms with Crippen molar-refractivity contribution in [3.63, 3.8) is 0 Å². The van der Waals surface area contributed by atoms with Crippen LogP contribution in [0.2, 0.25) is 0 Å². The molecule has 1 unspecified atom stereocenters. The first-order chi connectivity index (χ1) is 12.8. The van der Waals surface area contributed by atoms with Crippen LogP contribution in [0.3, 0.4) is 0 Å². The van der Waals surface area contributed by atoms with Gasteiger partial charge in [0.05, 0.1) is 11.2 Å². The molecule has 0 saturated carbocycles. The summed E-state index contributed by atoms with van der Waals surface area (Å²) in [5.74, 6) is 0.537. The van der Waals surface area contributed by atoms with Gasteiger partial charge in [0.25, 0.3) is 5.91 Å². The third-order valence-electron chi connectivity index (χ3n) is 4.88. The van der Waals surface area contributed by atoms with E-state index < -0.39 is 0 Å². The van der Waals surface area contributed by atoms with Crippen LogP contribution in [-0.2, 0) is 4.74 Å². The van der Waals surface area contributed by atoms with Crippen molar-refractivity contribution in [3.05, 3.63) is 66.2 Å². The maximum Gasteiger partial charge on any atom is 0.251 e. The fourth-order valence-electron chi connectivity index (χ4n) is 3.35. The number of rotatable bonds is 5. The SMILES string of the molecule is O=C(NCCC1CCOC1)c1cccc(-c2ccc3ccccc3n2)c1. The second-order valence-corrected chi connectivity index (χ2v) is 6.74. The summed E-state index contributed by atoms with van der Waals surface area (Å²) in [6.45, 7) is 2.35. The molecule has 2 aromatic carbocycles. The zero-order chi connectivity index (χ0) is 17.8. The molecule has 3 aromatic rings. The Balaban J connectivity index is 1.47. The highest BCUT2D eigenvalue weighted by molar-refractivity contribution is 5.95. The number of nitrogens with one attached hydrogen (secondary N) is 1. The molecule has 0 aliphatic carbocycles. The molecule has 4 heteroatoms. The summed E-state index contributed by atoms with van der Waals surface area (Å²) in [5.41, 5.74) is 3.45. The Morgan fingerprint density at radius 3 is 2.92 bits per heavy atom. The lowest BCUT2D eigenvalue weighted by Gasteiger charge is -2.10. The van der Waals surface area contributed by atoms with Crippen molar-refractivity contribution in [2.24, 2.45) is 5.92 Å². The molecule has 4 nitrogen and oxygen atoms in total. The largest absolute Gasteiger partial charge is 0.381 e. The molecule has 1 N–H and O–H groups in total. The first-order valence-corrected chi connectivity index (χ1v) is 9.12. The van der Waals surface area contributed by atoms with E-state index in [-0.39, 0.29) is 5.91 Å². The second kappa shape index (κ2) is 7.67. The molecule has 1 aliphatic heterocycles. The smallest absolute Gasteiger partial charge is 0.251 e. The van der Waals surface area contributed by atoms with Crippen LogP contribution in [0, 0.1) is 5.92 Å². The van der Waals surface area contributed by atoms with Gasteiger partial charge in [-0.1, -0.05) is 36.4 Å². The fourth-order valence-corrected chi connectivity index (χ4v) is 3.35. The Labute approximate surface area is 153 Å². The first-order valence-electron chi connectivity index (χ1n) is 9.12. The molecule has 4 rings (SSSR count). The predicted molar refractivity (Wildman–Crippen MR) is 103 cm³/mol. The summed E-state index contributed by atoms with van der Waals surface area (Å²) in [6, 6.07) is 19.8. The van der Waals surface area contributed by atoms with Gasteiger partial charge in [-0.3, -0.25) is 4.79 Å². The monoisotopic (exact) mass is 346 g/mol. The summed E-state index contributed by atoms with van der Waals surface area (Å²) < 4.78 is 5.37. The molecule has 1 amide bonds. The molecule has 132 valence electrons. The predicted octanol–water partition coefficient (Wildman–Crippen LogP) is 4.06. The van der Waals surface area contributed by atoms with Crippen molar-refractivity contribution in [1.29, 1.82) is 0 Å². The molecule has 1 aromatic heterocycles. The van der Waals surface area contributed by atoms with Gasteiger partial charge in [0.2, 0.25) is 0 Å². The maximum atomic E-state index is 12.5. The maximum absolute atomic E-state index is 12.5. The van der Waals surface area contributed by atoms with Crippen LogP contribution in [0.4, 0.5) is 0 Å². The quantitative estimate of drug-likeness (QED) is 0.758. The van der Waals surface area contributed by atoms with Gasteiger partial charge >= 0.3 is 0 Å². The number of pyridine rings is 1.